The number of aromatic nitrogens is 2. The first-order valence-corrected chi connectivity index (χ1v) is 4.38. The fourth-order valence-corrected chi connectivity index (χ4v) is 1.34. The summed E-state index contributed by atoms with van der Waals surface area (Å²) in [5.74, 6) is 0.893. The molecular weight excluding hydrogens is 174 g/mol. The lowest BCUT2D eigenvalue weighted by Gasteiger charge is -2.09. The summed E-state index contributed by atoms with van der Waals surface area (Å²) in [6.07, 6.45) is 0. The zero-order valence-electron chi connectivity index (χ0n) is 7.85. The van der Waals surface area contributed by atoms with E-state index in [1.807, 2.05) is 18.7 Å². The van der Waals surface area contributed by atoms with Gasteiger partial charge in [0.05, 0.1) is 5.69 Å². The zero-order chi connectivity index (χ0) is 9.30. The average molecular weight is 188 g/mol. The van der Waals surface area contributed by atoms with Crippen LogP contribution in [-0.4, -0.2) is 16.8 Å². The predicted octanol–water partition coefficient (Wildman–Crippen LogP) is 2.47. The normalized spacial score (nSPS) is 10.8. The Balaban J connectivity index is 3.20. The van der Waals surface area contributed by atoms with Crippen molar-refractivity contribution in [3.63, 3.8) is 0 Å². The minimum Gasteiger partial charge on any atom is -0.372 e. The molecule has 0 radical (unpaired) electrons. The molecule has 0 saturated carbocycles. The molecule has 0 aliphatic carbocycles. The number of rotatable bonds is 2. The summed E-state index contributed by atoms with van der Waals surface area (Å²) in [5.41, 5.74) is 0.870. The third-order valence-corrected chi connectivity index (χ3v) is 2.19. The Bertz CT molecular complexity index is 278. The number of hydrogen-bond acceptors (Lipinski definition) is 2. The molecule has 0 amide bonds. The van der Waals surface area contributed by atoms with Crippen molar-refractivity contribution in [3.8, 4) is 0 Å². The van der Waals surface area contributed by atoms with Crippen molar-refractivity contribution in [2.24, 2.45) is 0 Å². The molecular formula is C8H14ClN3. The Hall–Kier alpha value is -0.700. The molecule has 1 aromatic heterocycles. The van der Waals surface area contributed by atoms with Gasteiger partial charge >= 0.3 is 0 Å². The van der Waals surface area contributed by atoms with Crippen LogP contribution < -0.4 is 5.32 Å². The smallest absolute Gasteiger partial charge is 0.143 e. The number of nitrogens with zero attached hydrogens (tertiary/aromatic N) is 2. The van der Waals surface area contributed by atoms with Gasteiger partial charge in [0.15, 0.2) is 0 Å². The Labute approximate surface area is 77.7 Å². The second-order valence-electron chi connectivity index (χ2n) is 3.04. The van der Waals surface area contributed by atoms with Gasteiger partial charge in [0.25, 0.3) is 0 Å². The molecule has 0 aromatic carbocycles. The van der Waals surface area contributed by atoms with Crippen molar-refractivity contribution in [2.45, 2.75) is 26.8 Å². The highest BCUT2D eigenvalue weighted by Gasteiger charge is 2.13. The number of anilines is 1. The van der Waals surface area contributed by atoms with E-state index in [1.165, 1.54) is 0 Å². The lowest BCUT2D eigenvalue weighted by Crippen LogP contribution is -2.07. The fraction of sp³-hybridized carbons (Fsp3) is 0.625. The Morgan fingerprint density at radius 2 is 2.08 bits per heavy atom. The van der Waals surface area contributed by atoms with E-state index >= 15 is 0 Å². The molecule has 0 fully saturated rings. The largest absolute Gasteiger partial charge is 0.372 e. The first-order chi connectivity index (χ1) is 5.57. The molecule has 0 unspecified atom stereocenters. The lowest BCUT2D eigenvalue weighted by atomic mass is 10.4. The summed E-state index contributed by atoms with van der Waals surface area (Å²) >= 11 is 6.01. The van der Waals surface area contributed by atoms with E-state index in [-0.39, 0.29) is 0 Å². The maximum absolute atomic E-state index is 6.01. The van der Waals surface area contributed by atoms with Crippen LogP contribution in [0.25, 0.3) is 0 Å². The molecule has 1 aromatic rings. The summed E-state index contributed by atoms with van der Waals surface area (Å²) < 4.78 is 1.89. The highest BCUT2D eigenvalue weighted by Crippen LogP contribution is 2.27. The van der Waals surface area contributed by atoms with E-state index in [2.05, 4.69) is 24.3 Å². The van der Waals surface area contributed by atoms with E-state index in [1.54, 1.807) is 0 Å². The van der Waals surface area contributed by atoms with Crippen LogP contribution in [0.1, 0.15) is 25.6 Å². The lowest BCUT2D eigenvalue weighted by molar-refractivity contribution is 0.535. The molecule has 0 spiro atoms. The summed E-state index contributed by atoms with van der Waals surface area (Å²) in [4.78, 5) is 0. The molecule has 0 saturated heterocycles. The summed E-state index contributed by atoms with van der Waals surface area (Å²) in [5, 5.41) is 8.05. The van der Waals surface area contributed by atoms with Gasteiger partial charge in [0.1, 0.15) is 10.8 Å². The third kappa shape index (κ3) is 1.41. The second-order valence-corrected chi connectivity index (χ2v) is 3.41. The second kappa shape index (κ2) is 3.35. The molecule has 0 aliphatic heterocycles. The standard InChI is InChI=1S/C8H14ClN3/c1-5(2)12-8(10-4)7(9)6(3)11-12/h5,10H,1-4H3. The third-order valence-electron chi connectivity index (χ3n) is 1.74. The maximum Gasteiger partial charge on any atom is 0.143 e. The number of halogens is 1. The van der Waals surface area contributed by atoms with Crippen molar-refractivity contribution < 1.29 is 0 Å². The predicted molar refractivity (Wildman–Crippen MR) is 51.9 cm³/mol. The molecule has 12 heavy (non-hydrogen) atoms. The van der Waals surface area contributed by atoms with Gasteiger partial charge in [0.2, 0.25) is 0 Å². The zero-order valence-corrected chi connectivity index (χ0v) is 8.61. The highest BCUT2D eigenvalue weighted by molar-refractivity contribution is 6.33. The minimum atomic E-state index is 0.332. The van der Waals surface area contributed by atoms with E-state index in [0.29, 0.717) is 11.1 Å². The van der Waals surface area contributed by atoms with Gasteiger partial charge in [-0.15, -0.1) is 0 Å². The van der Waals surface area contributed by atoms with Gasteiger partial charge in [-0.05, 0) is 20.8 Å². The Morgan fingerprint density at radius 3 is 2.42 bits per heavy atom. The van der Waals surface area contributed by atoms with E-state index in [0.717, 1.165) is 11.5 Å². The fourth-order valence-electron chi connectivity index (χ4n) is 1.13. The molecule has 1 N–H and O–H groups in total. The minimum absolute atomic E-state index is 0.332. The molecule has 0 bridgehead atoms. The van der Waals surface area contributed by atoms with E-state index in [4.69, 9.17) is 11.6 Å². The van der Waals surface area contributed by atoms with Crippen LogP contribution in [-0.2, 0) is 0 Å². The molecule has 1 rings (SSSR count). The summed E-state index contributed by atoms with van der Waals surface area (Å²) in [7, 11) is 1.85. The first-order valence-electron chi connectivity index (χ1n) is 4.00. The van der Waals surface area contributed by atoms with Crippen LogP contribution in [0.5, 0.6) is 0 Å². The van der Waals surface area contributed by atoms with Crippen molar-refractivity contribution in [2.75, 3.05) is 12.4 Å². The van der Waals surface area contributed by atoms with Crippen molar-refractivity contribution >= 4 is 17.4 Å². The molecule has 0 atom stereocenters. The Kier molecular flexibility index (Phi) is 2.62. The van der Waals surface area contributed by atoms with Gasteiger partial charge in [-0.2, -0.15) is 5.10 Å². The average Bonchev–Trinajstić information content (AvgIpc) is 2.29. The van der Waals surface area contributed by atoms with Crippen LogP contribution in [0.4, 0.5) is 5.82 Å². The summed E-state index contributed by atoms with van der Waals surface area (Å²) in [6.45, 7) is 6.05. The van der Waals surface area contributed by atoms with Crippen LogP contribution in [0.2, 0.25) is 5.02 Å². The highest BCUT2D eigenvalue weighted by atomic mass is 35.5. The SMILES string of the molecule is CNc1c(Cl)c(C)nn1C(C)C. The monoisotopic (exact) mass is 187 g/mol. The maximum atomic E-state index is 6.01. The number of hydrogen-bond donors (Lipinski definition) is 1. The first kappa shape index (κ1) is 9.39. The van der Waals surface area contributed by atoms with Crippen molar-refractivity contribution in [1.29, 1.82) is 0 Å². The molecule has 0 aliphatic rings. The van der Waals surface area contributed by atoms with Crippen LogP contribution in [0, 0.1) is 6.92 Å². The van der Waals surface area contributed by atoms with E-state index in [9.17, 15) is 0 Å². The van der Waals surface area contributed by atoms with Crippen LogP contribution in [0.3, 0.4) is 0 Å². The van der Waals surface area contributed by atoms with Gasteiger partial charge in [-0.25, -0.2) is 4.68 Å². The Morgan fingerprint density at radius 1 is 1.50 bits per heavy atom. The van der Waals surface area contributed by atoms with Crippen LogP contribution in [0.15, 0.2) is 0 Å². The summed E-state index contributed by atoms with van der Waals surface area (Å²) in [6, 6.07) is 0.332. The van der Waals surface area contributed by atoms with Crippen molar-refractivity contribution in [3.05, 3.63) is 10.7 Å². The number of nitrogens with one attached hydrogen (secondary N) is 1. The van der Waals surface area contributed by atoms with E-state index < -0.39 is 0 Å². The molecule has 68 valence electrons. The molecule has 4 heteroatoms. The van der Waals surface area contributed by atoms with Crippen LogP contribution >= 0.6 is 11.6 Å². The van der Waals surface area contributed by atoms with Gasteiger partial charge in [-0.1, -0.05) is 11.6 Å². The van der Waals surface area contributed by atoms with Gasteiger partial charge in [0, 0.05) is 13.1 Å². The van der Waals surface area contributed by atoms with Crippen molar-refractivity contribution in [1.82, 2.24) is 9.78 Å². The molecule has 1 heterocycles. The number of aryl methyl sites for hydroxylation is 1. The quantitative estimate of drug-likeness (QED) is 0.771. The van der Waals surface area contributed by atoms with Gasteiger partial charge < -0.3 is 5.32 Å². The topological polar surface area (TPSA) is 29.9 Å². The molecule has 3 nitrogen and oxygen atoms in total. The van der Waals surface area contributed by atoms with Gasteiger partial charge in [-0.3, -0.25) is 0 Å².